The van der Waals surface area contributed by atoms with Crippen LogP contribution in [0.1, 0.15) is 53.4 Å². The molecule has 0 aromatic carbocycles. The van der Waals surface area contributed by atoms with Crippen molar-refractivity contribution in [3.8, 4) is 0 Å². The van der Waals surface area contributed by atoms with Crippen molar-refractivity contribution in [2.45, 2.75) is 46.5 Å². The molecule has 0 spiro atoms. The van der Waals surface area contributed by atoms with E-state index in [2.05, 4.69) is 27.7 Å². The van der Waals surface area contributed by atoms with Gasteiger partial charge in [0, 0.05) is 41.6 Å². The van der Waals surface area contributed by atoms with E-state index in [1.54, 1.807) is 11.3 Å². The number of rotatable bonds is 6. The van der Waals surface area contributed by atoms with Gasteiger partial charge in [-0.3, -0.25) is 0 Å². The van der Waals surface area contributed by atoms with Gasteiger partial charge in [-0.25, -0.2) is 9.78 Å². The van der Waals surface area contributed by atoms with Crippen molar-refractivity contribution in [1.29, 1.82) is 0 Å². The van der Waals surface area contributed by atoms with Crippen LogP contribution in [-0.2, 0) is 0 Å². The molecule has 6 nitrogen and oxygen atoms in total. The molecular formula is C16H24N4O2S. The second-order valence-corrected chi connectivity index (χ2v) is 6.85. The molecule has 2 heterocycles. The smallest absolute Gasteiger partial charge is 0.314 e. The lowest BCUT2D eigenvalue weighted by Crippen LogP contribution is -2.39. The highest BCUT2D eigenvalue weighted by Crippen LogP contribution is 2.22. The van der Waals surface area contributed by atoms with Crippen LogP contribution in [0, 0.1) is 20.8 Å². The summed E-state index contributed by atoms with van der Waals surface area (Å²) in [5.74, 6) is 1.18. The van der Waals surface area contributed by atoms with Crippen molar-refractivity contribution >= 4 is 17.4 Å². The standard InChI is InChI=1S/C16H24N4O2S/c1-9(14-12(4)20-22-13(14)5)6-17-16(21)18-7-10(2)15-19-11(3)8-23-15/h8-10H,6-7H2,1-5H3,(H2,17,18,21)/t9-,10+/m0/s1. The van der Waals surface area contributed by atoms with Crippen LogP contribution in [0.5, 0.6) is 0 Å². The average molecular weight is 336 g/mol. The van der Waals surface area contributed by atoms with E-state index >= 15 is 0 Å². The number of aromatic nitrogens is 2. The van der Waals surface area contributed by atoms with E-state index in [-0.39, 0.29) is 17.9 Å². The maximum atomic E-state index is 11.9. The first-order valence-electron chi connectivity index (χ1n) is 7.75. The van der Waals surface area contributed by atoms with Crippen LogP contribution in [0.4, 0.5) is 4.79 Å². The van der Waals surface area contributed by atoms with Crippen LogP contribution >= 0.6 is 11.3 Å². The zero-order valence-corrected chi connectivity index (χ0v) is 15.1. The number of nitrogens with one attached hydrogen (secondary N) is 2. The first-order valence-corrected chi connectivity index (χ1v) is 8.63. The second-order valence-electron chi connectivity index (χ2n) is 5.96. The van der Waals surface area contributed by atoms with Gasteiger partial charge in [0.25, 0.3) is 0 Å². The molecule has 0 aliphatic heterocycles. The molecule has 0 fully saturated rings. The number of carbonyl (C=O) groups excluding carboxylic acids is 1. The first kappa shape index (κ1) is 17.5. The van der Waals surface area contributed by atoms with Crippen LogP contribution in [0.2, 0.25) is 0 Å². The summed E-state index contributed by atoms with van der Waals surface area (Å²) < 4.78 is 5.17. The van der Waals surface area contributed by atoms with Crippen molar-refractivity contribution < 1.29 is 9.32 Å². The Hall–Kier alpha value is -1.89. The summed E-state index contributed by atoms with van der Waals surface area (Å²) in [5.41, 5.74) is 2.97. The maximum absolute atomic E-state index is 11.9. The third-order valence-corrected chi connectivity index (χ3v) is 4.97. The summed E-state index contributed by atoms with van der Waals surface area (Å²) in [6.45, 7) is 11.0. The Bertz CT molecular complexity index is 645. The summed E-state index contributed by atoms with van der Waals surface area (Å²) in [4.78, 5) is 16.4. The molecule has 2 atom stereocenters. The Kier molecular flexibility index (Phi) is 5.76. The Balaban J connectivity index is 1.77. The largest absolute Gasteiger partial charge is 0.361 e. The number of urea groups is 1. The van der Waals surface area contributed by atoms with Gasteiger partial charge in [0.1, 0.15) is 5.76 Å². The number of hydrogen-bond acceptors (Lipinski definition) is 5. The van der Waals surface area contributed by atoms with E-state index in [9.17, 15) is 4.79 Å². The highest BCUT2D eigenvalue weighted by Gasteiger charge is 2.17. The fraction of sp³-hybridized carbons (Fsp3) is 0.562. The number of hydrogen-bond donors (Lipinski definition) is 2. The quantitative estimate of drug-likeness (QED) is 0.848. The SMILES string of the molecule is Cc1csc([C@H](C)CNC(=O)NC[C@H](C)c2c(C)noc2C)n1. The minimum atomic E-state index is -0.163. The van der Waals surface area contributed by atoms with E-state index in [1.165, 1.54) is 0 Å². The molecule has 2 amide bonds. The topological polar surface area (TPSA) is 80.0 Å². The average Bonchev–Trinajstić information content (AvgIpc) is 3.08. The lowest BCUT2D eigenvalue weighted by Gasteiger charge is -2.14. The predicted molar refractivity (Wildman–Crippen MR) is 91.1 cm³/mol. The van der Waals surface area contributed by atoms with Crippen LogP contribution in [0.25, 0.3) is 0 Å². The first-order chi connectivity index (χ1) is 10.9. The van der Waals surface area contributed by atoms with E-state index in [0.717, 1.165) is 27.7 Å². The van der Waals surface area contributed by atoms with Crippen LogP contribution < -0.4 is 10.6 Å². The minimum Gasteiger partial charge on any atom is -0.361 e. The molecule has 2 N–H and O–H groups in total. The van der Waals surface area contributed by atoms with Crippen molar-refractivity contribution in [2.24, 2.45) is 0 Å². The van der Waals surface area contributed by atoms with Gasteiger partial charge in [-0.15, -0.1) is 11.3 Å². The van der Waals surface area contributed by atoms with E-state index in [0.29, 0.717) is 13.1 Å². The molecule has 0 aliphatic carbocycles. The van der Waals surface area contributed by atoms with Crippen LogP contribution in [0.3, 0.4) is 0 Å². The van der Waals surface area contributed by atoms with Gasteiger partial charge in [-0.05, 0) is 20.8 Å². The summed E-state index contributed by atoms with van der Waals surface area (Å²) in [5, 5.41) is 12.8. The van der Waals surface area contributed by atoms with Crippen molar-refractivity contribution in [3.63, 3.8) is 0 Å². The molecule has 0 bridgehead atoms. The number of carbonyl (C=O) groups is 1. The minimum absolute atomic E-state index is 0.158. The fourth-order valence-electron chi connectivity index (χ4n) is 2.54. The number of amides is 2. The molecule has 126 valence electrons. The highest BCUT2D eigenvalue weighted by atomic mass is 32.1. The van der Waals surface area contributed by atoms with E-state index < -0.39 is 0 Å². The molecule has 0 unspecified atom stereocenters. The summed E-state index contributed by atoms with van der Waals surface area (Å²) in [6, 6.07) is -0.163. The normalized spacial score (nSPS) is 13.6. The van der Waals surface area contributed by atoms with Gasteiger partial charge in [0.2, 0.25) is 0 Å². The second kappa shape index (κ2) is 7.59. The Morgan fingerprint density at radius 3 is 2.39 bits per heavy atom. The predicted octanol–water partition coefficient (Wildman–Crippen LogP) is 3.26. The molecule has 0 radical (unpaired) electrons. The Labute approximate surface area is 140 Å². The van der Waals surface area contributed by atoms with Gasteiger partial charge in [-0.2, -0.15) is 0 Å². The molecule has 23 heavy (non-hydrogen) atoms. The lowest BCUT2D eigenvalue weighted by atomic mass is 10.00. The maximum Gasteiger partial charge on any atom is 0.314 e. The molecule has 0 aliphatic rings. The zero-order chi connectivity index (χ0) is 17.0. The van der Waals surface area contributed by atoms with Crippen molar-refractivity contribution in [3.05, 3.63) is 33.1 Å². The molecule has 0 saturated carbocycles. The van der Waals surface area contributed by atoms with Gasteiger partial charge in [0.05, 0.1) is 10.7 Å². The Morgan fingerprint density at radius 1 is 1.22 bits per heavy atom. The van der Waals surface area contributed by atoms with Gasteiger partial charge in [-0.1, -0.05) is 19.0 Å². The number of thiazole rings is 1. The molecule has 2 aromatic heterocycles. The van der Waals surface area contributed by atoms with Crippen LogP contribution in [-0.4, -0.2) is 29.3 Å². The monoisotopic (exact) mass is 336 g/mol. The zero-order valence-electron chi connectivity index (χ0n) is 14.3. The summed E-state index contributed by atoms with van der Waals surface area (Å²) in [6.07, 6.45) is 0. The van der Waals surface area contributed by atoms with E-state index in [1.807, 2.05) is 33.1 Å². The van der Waals surface area contributed by atoms with E-state index in [4.69, 9.17) is 4.52 Å². The molecule has 2 aromatic rings. The molecule has 7 heteroatoms. The summed E-state index contributed by atoms with van der Waals surface area (Å²) >= 11 is 1.63. The number of aryl methyl sites for hydroxylation is 3. The Morgan fingerprint density at radius 2 is 1.87 bits per heavy atom. The summed E-state index contributed by atoms with van der Waals surface area (Å²) in [7, 11) is 0. The highest BCUT2D eigenvalue weighted by molar-refractivity contribution is 7.09. The van der Waals surface area contributed by atoms with Gasteiger partial charge >= 0.3 is 6.03 Å². The molecular weight excluding hydrogens is 312 g/mol. The van der Waals surface area contributed by atoms with Crippen LogP contribution in [0.15, 0.2) is 9.90 Å². The fourth-order valence-corrected chi connectivity index (χ4v) is 3.39. The molecule has 0 saturated heterocycles. The van der Waals surface area contributed by atoms with Gasteiger partial charge in [0.15, 0.2) is 0 Å². The van der Waals surface area contributed by atoms with Gasteiger partial charge < -0.3 is 15.2 Å². The molecule has 2 rings (SSSR count). The number of nitrogens with zero attached hydrogens (tertiary/aromatic N) is 2. The third kappa shape index (κ3) is 4.54. The van der Waals surface area contributed by atoms with Crippen molar-refractivity contribution in [2.75, 3.05) is 13.1 Å². The third-order valence-electron chi connectivity index (χ3n) is 3.78. The lowest BCUT2D eigenvalue weighted by molar-refractivity contribution is 0.240. The van der Waals surface area contributed by atoms with Crippen molar-refractivity contribution in [1.82, 2.24) is 20.8 Å².